The summed E-state index contributed by atoms with van der Waals surface area (Å²) in [5.74, 6) is -0.933. The van der Waals surface area contributed by atoms with Gasteiger partial charge in [-0.2, -0.15) is 0 Å². The Hall–Kier alpha value is -2.37. The number of phenolic OH excluding ortho intramolecular Hbond substituents is 1. The molecular weight excluding hydrogens is 234 g/mol. The zero-order valence-corrected chi connectivity index (χ0v) is 9.87. The summed E-state index contributed by atoms with van der Waals surface area (Å²) >= 11 is 0. The molecule has 0 atom stereocenters. The number of carbonyl (C=O) groups is 1. The number of carboxylic acids is 1. The van der Waals surface area contributed by atoms with Gasteiger partial charge in [0.05, 0.1) is 11.4 Å². The van der Waals surface area contributed by atoms with Crippen LogP contribution in [0.3, 0.4) is 0 Å². The first kappa shape index (κ1) is 12.1. The minimum absolute atomic E-state index is 0.0232. The van der Waals surface area contributed by atoms with Crippen LogP contribution in [0.15, 0.2) is 24.3 Å². The first-order valence-corrected chi connectivity index (χ1v) is 5.60. The number of phenols is 1. The predicted molar refractivity (Wildman–Crippen MR) is 64.0 cm³/mol. The molecule has 18 heavy (non-hydrogen) atoms. The van der Waals surface area contributed by atoms with Crippen LogP contribution in [0.1, 0.15) is 29.5 Å². The lowest BCUT2D eigenvalue weighted by Crippen LogP contribution is -2.06. The summed E-state index contributed by atoms with van der Waals surface area (Å²) in [7, 11) is 0. The fraction of sp³-hybridized carbons (Fsp3) is 0.250. The Morgan fingerprint density at radius 1 is 1.33 bits per heavy atom. The lowest BCUT2D eigenvalue weighted by Gasteiger charge is -2.05. The highest BCUT2D eigenvalue weighted by Crippen LogP contribution is 2.17. The number of aromatic nitrogens is 3. The molecular formula is C12H13N3O3. The maximum Gasteiger partial charge on any atom is 0.358 e. The molecule has 2 N–H and O–H groups in total. The van der Waals surface area contributed by atoms with Crippen molar-refractivity contribution in [2.24, 2.45) is 0 Å². The summed E-state index contributed by atoms with van der Waals surface area (Å²) in [6.07, 6.45) is 1.38. The fourth-order valence-corrected chi connectivity index (χ4v) is 1.73. The van der Waals surface area contributed by atoms with Crippen LogP contribution in [0, 0.1) is 0 Å². The third-order valence-electron chi connectivity index (χ3n) is 2.55. The second-order valence-corrected chi connectivity index (χ2v) is 3.87. The van der Waals surface area contributed by atoms with Crippen LogP contribution in [-0.4, -0.2) is 31.2 Å². The molecule has 0 spiro atoms. The maximum absolute atomic E-state index is 11.0. The van der Waals surface area contributed by atoms with E-state index in [2.05, 4.69) is 10.3 Å². The van der Waals surface area contributed by atoms with Crippen LogP contribution in [0.5, 0.6) is 5.75 Å². The molecule has 0 radical (unpaired) electrons. The number of hydrogen-bond donors (Lipinski definition) is 2. The standard InChI is InChI=1S/C12H13N3O3/c1-2-3-10-11(12(17)18)13-14-15(10)8-4-6-9(16)7-5-8/h4-7,16H,2-3H2,1H3,(H,17,18). The minimum Gasteiger partial charge on any atom is -0.508 e. The smallest absolute Gasteiger partial charge is 0.358 e. The third-order valence-corrected chi connectivity index (χ3v) is 2.55. The molecule has 6 heteroatoms. The highest BCUT2D eigenvalue weighted by atomic mass is 16.4. The van der Waals surface area contributed by atoms with Gasteiger partial charge in [0.25, 0.3) is 0 Å². The molecule has 6 nitrogen and oxygen atoms in total. The number of rotatable bonds is 4. The Morgan fingerprint density at radius 3 is 2.56 bits per heavy atom. The number of hydrogen-bond acceptors (Lipinski definition) is 4. The van der Waals surface area contributed by atoms with E-state index in [1.165, 1.54) is 16.8 Å². The molecule has 94 valence electrons. The van der Waals surface area contributed by atoms with Crippen molar-refractivity contribution in [3.8, 4) is 11.4 Å². The van der Waals surface area contributed by atoms with Crippen molar-refractivity contribution in [1.82, 2.24) is 15.0 Å². The van der Waals surface area contributed by atoms with Gasteiger partial charge in [0.2, 0.25) is 0 Å². The van der Waals surface area contributed by atoms with Gasteiger partial charge in [0.1, 0.15) is 5.75 Å². The Labute approximate surface area is 103 Å². The van der Waals surface area contributed by atoms with Crippen LogP contribution in [0.25, 0.3) is 5.69 Å². The highest BCUT2D eigenvalue weighted by Gasteiger charge is 2.18. The molecule has 0 amide bonds. The van der Waals surface area contributed by atoms with Crippen LogP contribution in [0.2, 0.25) is 0 Å². The van der Waals surface area contributed by atoms with Crippen molar-refractivity contribution >= 4 is 5.97 Å². The molecule has 0 aliphatic heterocycles. The van der Waals surface area contributed by atoms with Crippen LogP contribution < -0.4 is 0 Å². The number of nitrogens with zero attached hydrogens (tertiary/aromatic N) is 3. The number of aromatic carboxylic acids is 1. The van der Waals surface area contributed by atoms with Crippen molar-refractivity contribution in [2.75, 3.05) is 0 Å². The van der Waals surface area contributed by atoms with Crippen molar-refractivity contribution in [1.29, 1.82) is 0 Å². The quantitative estimate of drug-likeness (QED) is 0.857. The lowest BCUT2D eigenvalue weighted by molar-refractivity contribution is 0.0689. The Morgan fingerprint density at radius 2 is 2.00 bits per heavy atom. The first-order valence-electron chi connectivity index (χ1n) is 5.60. The molecule has 1 aromatic heterocycles. The molecule has 0 fully saturated rings. The number of benzene rings is 1. The van der Waals surface area contributed by atoms with Gasteiger partial charge in [-0.05, 0) is 30.7 Å². The number of aromatic hydroxyl groups is 1. The summed E-state index contributed by atoms with van der Waals surface area (Å²) in [5.41, 5.74) is 1.22. The van der Waals surface area contributed by atoms with Gasteiger partial charge in [0, 0.05) is 0 Å². The third kappa shape index (κ3) is 2.17. The van der Waals surface area contributed by atoms with Gasteiger partial charge in [-0.3, -0.25) is 0 Å². The van der Waals surface area contributed by atoms with E-state index >= 15 is 0 Å². The Bertz CT molecular complexity index is 560. The van der Waals surface area contributed by atoms with Gasteiger partial charge in [-0.25, -0.2) is 9.48 Å². The summed E-state index contributed by atoms with van der Waals surface area (Å²) < 4.78 is 1.49. The van der Waals surface area contributed by atoms with Crippen LogP contribution in [0.4, 0.5) is 0 Å². The van der Waals surface area contributed by atoms with Crippen molar-refractivity contribution in [2.45, 2.75) is 19.8 Å². The molecule has 0 saturated carbocycles. The maximum atomic E-state index is 11.0. The fourth-order valence-electron chi connectivity index (χ4n) is 1.73. The summed E-state index contributed by atoms with van der Waals surface area (Å²) in [4.78, 5) is 11.0. The Balaban J connectivity index is 2.50. The van der Waals surface area contributed by atoms with E-state index in [9.17, 15) is 9.90 Å². The molecule has 0 unspecified atom stereocenters. The average molecular weight is 247 g/mol. The topological polar surface area (TPSA) is 88.2 Å². The molecule has 1 heterocycles. The summed E-state index contributed by atoms with van der Waals surface area (Å²) in [6, 6.07) is 6.37. The van der Waals surface area contributed by atoms with Crippen LogP contribution >= 0.6 is 0 Å². The highest BCUT2D eigenvalue weighted by molar-refractivity contribution is 5.86. The summed E-state index contributed by atoms with van der Waals surface area (Å²) in [5, 5.41) is 25.8. The monoisotopic (exact) mass is 247 g/mol. The van der Waals surface area contributed by atoms with Gasteiger partial charge < -0.3 is 10.2 Å². The average Bonchev–Trinajstić information content (AvgIpc) is 2.74. The predicted octanol–water partition coefficient (Wildman–Crippen LogP) is 1.62. The minimum atomic E-state index is -1.08. The molecule has 0 bridgehead atoms. The van der Waals surface area contributed by atoms with E-state index in [1.807, 2.05) is 6.92 Å². The van der Waals surface area contributed by atoms with Crippen molar-refractivity contribution < 1.29 is 15.0 Å². The molecule has 2 rings (SSSR count). The number of carboxylic acid groups (broad SMARTS) is 1. The van der Waals surface area contributed by atoms with Crippen molar-refractivity contribution in [3.63, 3.8) is 0 Å². The van der Waals surface area contributed by atoms with E-state index in [4.69, 9.17) is 5.11 Å². The van der Waals surface area contributed by atoms with Crippen LogP contribution in [-0.2, 0) is 6.42 Å². The molecule has 2 aromatic rings. The zero-order chi connectivity index (χ0) is 13.1. The SMILES string of the molecule is CCCc1c(C(=O)O)nnn1-c1ccc(O)cc1. The van der Waals surface area contributed by atoms with Gasteiger partial charge in [-0.15, -0.1) is 5.10 Å². The molecule has 0 aliphatic carbocycles. The van der Waals surface area contributed by atoms with E-state index in [-0.39, 0.29) is 11.4 Å². The van der Waals surface area contributed by atoms with E-state index in [0.29, 0.717) is 17.8 Å². The van der Waals surface area contributed by atoms with E-state index in [0.717, 1.165) is 6.42 Å². The molecule has 0 aliphatic rings. The Kier molecular flexibility index (Phi) is 3.27. The van der Waals surface area contributed by atoms with E-state index < -0.39 is 5.97 Å². The largest absolute Gasteiger partial charge is 0.508 e. The second-order valence-electron chi connectivity index (χ2n) is 3.87. The lowest BCUT2D eigenvalue weighted by atomic mass is 10.2. The molecule has 1 aromatic carbocycles. The first-order chi connectivity index (χ1) is 8.63. The van der Waals surface area contributed by atoms with Gasteiger partial charge in [0.15, 0.2) is 5.69 Å². The van der Waals surface area contributed by atoms with Crippen molar-refractivity contribution in [3.05, 3.63) is 35.7 Å². The zero-order valence-electron chi connectivity index (χ0n) is 9.87. The molecule has 0 saturated heterocycles. The summed E-state index contributed by atoms with van der Waals surface area (Å²) in [6.45, 7) is 1.96. The van der Waals surface area contributed by atoms with E-state index in [1.54, 1.807) is 12.1 Å². The normalized spacial score (nSPS) is 10.5. The van der Waals surface area contributed by atoms with Gasteiger partial charge in [-0.1, -0.05) is 18.6 Å². The van der Waals surface area contributed by atoms with Gasteiger partial charge >= 0.3 is 5.97 Å². The second kappa shape index (κ2) is 4.87.